The fourth-order valence-corrected chi connectivity index (χ4v) is 5.47. The summed E-state index contributed by atoms with van der Waals surface area (Å²) in [4.78, 5) is 10.8. The second kappa shape index (κ2) is 7.66. The molecule has 1 aliphatic heterocycles. The van der Waals surface area contributed by atoms with Gasteiger partial charge >= 0.3 is 5.97 Å². The van der Waals surface area contributed by atoms with Crippen molar-refractivity contribution >= 4 is 16.0 Å². The van der Waals surface area contributed by atoms with E-state index in [1.54, 1.807) is 42.5 Å². The molecule has 4 unspecified atom stereocenters. The van der Waals surface area contributed by atoms with Crippen molar-refractivity contribution in [1.82, 2.24) is 4.72 Å². The molecule has 8 nitrogen and oxygen atoms in total. The summed E-state index contributed by atoms with van der Waals surface area (Å²) in [7, 11) is -3.70. The SMILES string of the molecule is O=C(O)COc1cccc2c1OC1CC(O)C(NS(=O)(=O)Cc3ccccc3)C21. The number of aliphatic carboxylic acids is 1. The number of benzene rings is 2. The minimum Gasteiger partial charge on any atom is -0.485 e. The van der Waals surface area contributed by atoms with Crippen LogP contribution in [-0.2, 0) is 20.6 Å². The van der Waals surface area contributed by atoms with E-state index in [2.05, 4.69) is 4.72 Å². The normalized spacial score (nSPS) is 25.1. The number of rotatable bonds is 7. The molecule has 1 fully saturated rings. The minimum atomic E-state index is -3.70. The van der Waals surface area contributed by atoms with Gasteiger partial charge in [0.2, 0.25) is 10.0 Å². The molecule has 0 saturated heterocycles. The maximum atomic E-state index is 12.7. The van der Waals surface area contributed by atoms with Crippen LogP contribution >= 0.6 is 0 Å². The van der Waals surface area contributed by atoms with Crippen LogP contribution in [-0.4, -0.2) is 49.5 Å². The number of fused-ring (bicyclic) bond motifs is 3. The number of hydrogen-bond acceptors (Lipinski definition) is 6. The molecule has 9 heteroatoms. The molecule has 154 valence electrons. The first-order valence-corrected chi connectivity index (χ1v) is 10.9. The zero-order valence-electron chi connectivity index (χ0n) is 15.4. The third-order valence-electron chi connectivity index (χ3n) is 5.18. The molecule has 2 aromatic carbocycles. The van der Waals surface area contributed by atoms with E-state index in [-0.39, 0.29) is 18.1 Å². The first kappa shape index (κ1) is 19.7. The quantitative estimate of drug-likeness (QED) is 0.617. The van der Waals surface area contributed by atoms with E-state index in [0.29, 0.717) is 22.6 Å². The van der Waals surface area contributed by atoms with Crippen LogP contribution in [0.2, 0.25) is 0 Å². The van der Waals surface area contributed by atoms with E-state index in [1.807, 2.05) is 6.07 Å². The van der Waals surface area contributed by atoms with Crippen molar-refractivity contribution in [1.29, 1.82) is 0 Å². The second-order valence-corrected chi connectivity index (χ2v) is 8.98. The van der Waals surface area contributed by atoms with Crippen LogP contribution in [0.1, 0.15) is 23.5 Å². The third-order valence-corrected chi connectivity index (χ3v) is 6.52. The van der Waals surface area contributed by atoms with E-state index in [1.165, 1.54) is 0 Å². The molecule has 0 amide bonds. The van der Waals surface area contributed by atoms with Crippen molar-refractivity contribution < 1.29 is 32.9 Å². The Morgan fingerprint density at radius 3 is 2.66 bits per heavy atom. The number of para-hydroxylation sites is 1. The molecule has 4 rings (SSSR count). The maximum Gasteiger partial charge on any atom is 0.341 e. The molecule has 0 radical (unpaired) electrons. The van der Waals surface area contributed by atoms with Gasteiger partial charge in [-0.3, -0.25) is 0 Å². The summed E-state index contributed by atoms with van der Waals surface area (Å²) in [5, 5.41) is 19.3. The Morgan fingerprint density at radius 2 is 1.93 bits per heavy atom. The predicted molar refractivity (Wildman–Crippen MR) is 103 cm³/mol. The van der Waals surface area contributed by atoms with Gasteiger partial charge < -0.3 is 19.7 Å². The number of carboxylic acids is 1. The number of carboxylic acid groups (broad SMARTS) is 1. The zero-order valence-corrected chi connectivity index (χ0v) is 16.2. The smallest absolute Gasteiger partial charge is 0.341 e. The third kappa shape index (κ3) is 4.07. The highest BCUT2D eigenvalue weighted by Gasteiger charge is 2.51. The largest absolute Gasteiger partial charge is 0.485 e. The van der Waals surface area contributed by atoms with Gasteiger partial charge in [-0.05, 0) is 11.6 Å². The summed E-state index contributed by atoms with van der Waals surface area (Å²) in [6.45, 7) is -0.509. The van der Waals surface area contributed by atoms with E-state index >= 15 is 0 Å². The monoisotopic (exact) mass is 419 g/mol. The van der Waals surface area contributed by atoms with Crippen molar-refractivity contribution in [2.45, 2.75) is 36.3 Å². The zero-order chi connectivity index (χ0) is 20.6. The summed E-state index contributed by atoms with van der Waals surface area (Å²) < 4.78 is 39.2. The average molecular weight is 419 g/mol. The number of hydrogen-bond donors (Lipinski definition) is 3. The lowest BCUT2D eigenvalue weighted by molar-refractivity contribution is -0.139. The van der Waals surface area contributed by atoms with E-state index < -0.39 is 40.8 Å². The first-order valence-electron chi connectivity index (χ1n) is 9.20. The van der Waals surface area contributed by atoms with Crippen LogP contribution in [0.3, 0.4) is 0 Å². The van der Waals surface area contributed by atoms with Crippen LogP contribution in [0, 0.1) is 0 Å². The van der Waals surface area contributed by atoms with Crippen LogP contribution in [0.4, 0.5) is 0 Å². The predicted octanol–water partition coefficient (Wildman–Crippen LogP) is 1.25. The van der Waals surface area contributed by atoms with Crippen LogP contribution in [0.15, 0.2) is 48.5 Å². The molecule has 1 saturated carbocycles. The number of nitrogens with one attached hydrogen (secondary N) is 1. The lowest BCUT2D eigenvalue weighted by Crippen LogP contribution is -2.43. The molecule has 2 aromatic rings. The molecule has 29 heavy (non-hydrogen) atoms. The lowest BCUT2D eigenvalue weighted by Gasteiger charge is -2.22. The standard InChI is InChI=1S/C20H21NO7S/c22-14-9-16-18(13-7-4-8-15(20(13)28-16)27-10-17(23)24)19(14)21-29(25,26)11-12-5-2-1-3-6-12/h1-8,14,16,18-19,21-22H,9-11H2,(H,23,24). The van der Waals surface area contributed by atoms with Crippen molar-refractivity contribution in [2.24, 2.45) is 0 Å². The van der Waals surface area contributed by atoms with Gasteiger partial charge in [0, 0.05) is 17.9 Å². The Morgan fingerprint density at radius 1 is 1.17 bits per heavy atom. The van der Waals surface area contributed by atoms with Gasteiger partial charge in [-0.25, -0.2) is 17.9 Å². The second-order valence-electron chi connectivity index (χ2n) is 7.23. The molecule has 4 atom stereocenters. The Balaban J connectivity index is 1.57. The maximum absolute atomic E-state index is 12.7. The van der Waals surface area contributed by atoms with Crippen LogP contribution < -0.4 is 14.2 Å². The van der Waals surface area contributed by atoms with Gasteiger partial charge in [-0.1, -0.05) is 42.5 Å². The molecule has 3 N–H and O–H groups in total. The first-order chi connectivity index (χ1) is 13.8. The van der Waals surface area contributed by atoms with Gasteiger partial charge in [0.15, 0.2) is 18.1 Å². The highest BCUT2D eigenvalue weighted by Crippen LogP contribution is 2.51. The highest BCUT2D eigenvalue weighted by atomic mass is 32.2. The van der Waals surface area contributed by atoms with Crippen molar-refractivity contribution in [3.8, 4) is 11.5 Å². The van der Waals surface area contributed by atoms with Crippen molar-refractivity contribution in [2.75, 3.05) is 6.61 Å². The molecule has 0 spiro atoms. The number of aliphatic hydroxyl groups is 1. The summed E-state index contributed by atoms with van der Waals surface area (Å²) in [6.07, 6.45) is -1.05. The lowest BCUT2D eigenvalue weighted by atomic mass is 9.94. The van der Waals surface area contributed by atoms with Crippen LogP contribution in [0.5, 0.6) is 11.5 Å². The van der Waals surface area contributed by atoms with Gasteiger partial charge in [0.05, 0.1) is 17.9 Å². The fraction of sp³-hybridized carbons (Fsp3) is 0.350. The minimum absolute atomic E-state index is 0.191. The highest BCUT2D eigenvalue weighted by molar-refractivity contribution is 7.88. The summed E-state index contributed by atoms with van der Waals surface area (Å²) in [5.74, 6) is -0.992. The van der Waals surface area contributed by atoms with E-state index in [4.69, 9.17) is 14.6 Å². The summed E-state index contributed by atoms with van der Waals surface area (Å²) in [6, 6.07) is 13.1. The Kier molecular flexibility index (Phi) is 5.20. The van der Waals surface area contributed by atoms with Gasteiger partial charge in [0.1, 0.15) is 6.10 Å². The number of aliphatic hydroxyl groups excluding tert-OH is 1. The Labute approximate surface area is 168 Å². The molecule has 2 aliphatic rings. The molecule has 1 heterocycles. The number of sulfonamides is 1. The van der Waals surface area contributed by atoms with Crippen LogP contribution in [0.25, 0.3) is 0 Å². The number of ether oxygens (including phenoxy) is 2. The molecule has 0 bridgehead atoms. The summed E-state index contributed by atoms with van der Waals surface area (Å²) in [5.41, 5.74) is 1.35. The molecular weight excluding hydrogens is 398 g/mol. The average Bonchev–Trinajstić information content (AvgIpc) is 3.16. The van der Waals surface area contributed by atoms with Gasteiger partial charge in [-0.15, -0.1) is 0 Å². The number of carbonyl (C=O) groups is 1. The van der Waals surface area contributed by atoms with Crippen molar-refractivity contribution in [3.63, 3.8) is 0 Å². The fourth-order valence-electron chi connectivity index (χ4n) is 4.04. The topological polar surface area (TPSA) is 122 Å². The van der Waals surface area contributed by atoms with E-state index in [0.717, 1.165) is 0 Å². The Hall–Kier alpha value is -2.62. The Bertz CT molecular complexity index is 1010. The molecular formula is C20H21NO7S. The van der Waals surface area contributed by atoms with Gasteiger partial charge in [-0.2, -0.15) is 0 Å². The molecule has 0 aromatic heterocycles. The molecule has 1 aliphatic carbocycles. The van der Waals surface area contributed by atoms with Crippen molar-refractivity contribution in [3.05, 3.63) is 59.7 Å². The van der Waals surface area contributed by atoms with Gasteiger partial charge in [0.25, 0.3) is 0 Å². The van der Waals surface area contributed by atoms with E-state index in [9.17, 15) is 18.3 Å². The summed E-state index contributed by atoms with van der Waals surface area (Å²) >= 11 is 0.